The van der Waals surface area contributed by atoms with Crippen LogP contribution < -0.4 is 5.56 Å². The zero-order valence-electron chi connectivity index (χ0n) is 13.7. The largest absolute Gasteiger partial charge is 0.508 e. The first-order valence-electron chi connectivity index (χ1n) is 7.72. The number of pyridine rings is 1. The summed E-state index contributed by atoms with van der Waals surface area (Å²) in [5.74, 6) is -2.22. The molecule has 0 saturated heterocycles. The van der Waals surface area contributed by atoms with Gasteiger partial charge in [0.25, 0.3) is 5.56 Å². The van der Waals surface area contributed by atoms with Gasteiger partial charge >= 0.3 is 0 Å². The first-order chi connectivity index (χ1) is 12.3. The van der Waals surface area contributed by atoms with Crippen LogP contribution in [0.3, 0.4) is 0 Å². The summed E-state index contributed by atoms with van der Waals surface area (Å²) in [7, 11) is 0. The van der Waals surface area contributed by atoms with Crippen LogP contribution in [0.2, 0.25) is 0 Å². The van der Waals surface area contributed by atoms with Crippen LogP contribution in [0.4, 0.5) is 8.78 Å². The number of hydrogen-bond donors (Lipinski definition) is 1. The molecular weight excluding hydrogens is 362 g/mol. The first-order valence-corrected chi connectivity index (χ1v) is 8.53. The number of thiazole rings is 1. The third kappa shape index (κ3) is 3.70. The summed E-state index contributed by atoms with van der Waals surface area (Å²) >= 11 is 1.07. The number of carbonyl (C=O) groups is 1. The number of hydrogen-bond acceptors (Lipinski definition) is 5. The third-order valence-corrected chi connectivity index (χ3v) is 4.97. The zero-order chi connectivity index (χ0) is 18.8. The van der Waals surface area contributed by atoms with Gasteiger partial charge in [-0.2, -0.15) is 0 Å². The second kappa shape index (κ2) is 7.17. The number of halogens is 2. The van der Waals surface area contributed by atoms with Gasteiger partial charge in [-0.05, 0) is 37.1 Å². The van der Waals surface area contributed by atoms with Gasteiger partial charge in [-0.3, -0.25) is 14.2 Å². The molecule has 26 heavy (non-hydrogen) atoms. The third-order valence-electron chi connectivity index (χ3n) is 3.77. The highest BCUT2D eigenvalue weighted by atomic mass is 32.1. The summed E-state index contributed by atoms with van der Waals surface area (Å²) in [6, 6.07) is 5.95. The topological polar surface area (TPSA) is 72.2 Å². The molecule has 5 nitrogen and oxygen atoms in total. The van der Waals surface area contributed by atoms with E-state index in [0.717, 1.165) is 29.5 Å². The van der Waals surface area contributed by atoms with E-state index in [2.05, 4.69) is 4.98 Å². The Morgan fingerprint density at radius 1 is 1.23 bits per heavy atom. The number of aromatic hydroxyl groups is 1. The maximum Gasteiger partial charge on any atom is 0.260 e. The SMILES string of the molecule is Cc1nc(-n2ccc(O)cc2=O)sc1C(=O)CCc1ccc(F)c(F)c1. The summed E-state index contributed by atoms with van der Waals surface area (Å²) < 4.78 is 27.4. The molecule has 0 radical (unpaired) electrons. The minimum atomic E-state index is -0.946. The predicted octanol–water partition coefficient (Wildman–Crippen LogP) is 3.40. The van der Waals surface area contributed by atoms with Crippen LogP contribution in [0.1, 0.15) is 27.3 Å². The predicted molar refractivity (Wildman–Crippen MR) is 93.1 cm³/mol. The Morgan fingerprint density at radius 3 is 2.69 bits per heavy atom. The molecule has 0 spiro atoms. The van der Waals surface area contributed by atoms with Crippen molar-refractivity contribution in [1.29, 1.82) is 0 Å². The standard InChI is InChI=1S/C18H14F2N2O3S/c1-10-17(15(24)5-3-11-2-4-13(19)14(20)8-11)26-18(21-10)22-7-6-12(23)9-16(22)25/h2,4,6-9,23H,3,5H2,1H3. The van der Waals surface area contributed by atoms with E-state index in [-0.39, 0.29) is 24.4 Å². The number of nitrogens with zero attached hydrogens (tertiary/aromatic N) is 2. The second-order valence-corrected chi connectivity index (χ2v) is 6.65. The molecule has 0 bridgehead atoms. The number of benzene rings is 1. The van der Waals surface area contributed by atoms with Crippen molar-refractivity contribution in [2.75, 3.05) is 0 Å². The summed E-state index contributed by atoms with van der Waals surface area (Å²) in [6.07, 6.45) is 1.76. The number of Topliss-reactive ketones (excluding diaryl/α,β-unsaturated/α-hetero) is 1. The van der Waals surface area contributed by atoms with Gasteiger partial charge in [0.1, 0.15) is 5.75 Å². The number of carbonyl (C=O) groups excluding carboxylic acids is 1. The quantitative estimate of drug-likeness (QED) is 0.693. The highest BCUT2D eigenvalue weighted by Gasteiger charge is 2.17. The van der Waals surface area contributed by atoms with Gasteiger partial charge in [-0.1, -0.05) is 17.4 Å². The second-order valence-electron chi connectivity index (χ2n) is 5.68. The van der Waals surface area contributed by atoms with Crippen molar-refractivity contribution in [2.24, 2.45) is 0 Å². The van der Waals surface area contributed by atoms with Crippen LogP contribution >= 0.6 is 11.3 Å². The molecule has 0 fully saturated rings. The lowest BCUT2D eigenvalue weighted by Crippen LogP contribution is -2.15. The number of rotatable bonds is 5. The van der Waals surface area contributed by atoms with Crippen molar-refractivity contribution in [3.63, 3.8) is 0 Å². The van der Waals surface area contributed by atoms with Crippen LogP contribution in [-0.2, 0) is 6.42 Å². The molecule has 0 saturated carbocycles. The Labute approximate surface area is 151 Å². The Morgan fingerprint density at radius 2 is 2.00 bits per heavy atom. The van der Waals surface area contributed by atoms with E-state index in [1.54, 1.807) is 6.92 Å². The highest BCUT2D eigenvalue weighted by Crippen LogP contribution is 2.23. The van der Waals surface area contributed by atoms with Crippen LogP contribution in [0.25, 0.3) is 5.13 Å². The lowest BCUT2D eigenvalue weighted by Gasteiger charge is -2.02. The summed E-state index contributed by atoms with van der Waals surface area (Å²) in [5, 5.41) is 9.64. The lowest BCUT2D eigenvalue weighted by molar-refractivity contribution is 0.0986. The normalized spacial score (nSPS) is 10.9. The molecule has 2 heterocycles. The van der Waals surface area contributed by atoms with E-state index in [1.165, 1.54) is 22.9 Å². The van der Waals surface area contributed by atoms with E-state index < -0.39 is 17.2 Å². The van der Waals surface area contributed by atoms with Crippen molar-refractivity contribution in [1.82, 2.24) is 9.55 Å². The fourth-order valence-electron chi connectivity index (χ4n) is 2.44. The van der Waals surface area contributed by atoms with Crippen molar-refractivity contribution in [3.05, 3.63) is 74.7 Å². The minimum Gasteiger partial charge on any atom is -0.508 e. The molecule has 1 aromatic carbocycles. The lowest BCUT2D eigenvalue weighted by atomic mass is 10.1. The number of ketones is 1. The maximum atomic E-state index is 13.2. The van der Waals surface area contributed by atoms with Gasteiger partial charge in [-0.15, -0.1) is 0 Å². The summed E-state index contributed by atoms with van der Waals surface area (Å²) in [4.78, 5) is 29.0. The fraction of sp³-hybridized carbons (Fsp3) is 0.167. The van der Waals surface area contributed by atoms with E-state index in [9.17, 15) is 23.5 Å². The molecule has 3 rings (SSSR count). The highest BCUT2D eigenvalue weighted by molar-refractivity contribution is 7.16. The fourth-order valence-corrected chi connectivity index (χ4v) is 3.46. The maximum absolute atomic E-state index is 13.2. The van der Waals surface area contributed by atoms with Gasteiger partial charge in [0.2, 0.25) is 0 Å². The monoisotopic (exact) mass is 376 g/mol. The van der Waals surface area contributed by atoms with Gasteiger partial charge in [0, 0.05) is 18.7 Å². The molecule has 1 N–H and O–H groups in total. The van der Waals surface area contributed by atoms with Crippen LogP contribution in [-0.4, -0.2) is 20.4 Å². The molecular formula is C18H14F2N2O3S. The Hall–Kier alpha value is -2.87. The van der Waals surface area contributed by atoms with Gasteiger partial charge in [-0.25, -0.2) is 13.8 Å². The van der Waals surface area contributed by atoms with Crippen LogP contribution in [0.5, 0.6) is 5.75 Å². The van der Waals surface area contributed by atoms with E-state index in [0.29, 0.717) is 21.3 Å². The molecule has 3 aromatic rings. The van der Waals surface area contributed by atoms with Gasteiger partial charge in [0.05, 0.1) is 10.6 Å². The Balaban J connectivity index is 1.78. The van der Waals surface area contributed by atoms with E-state index in [1.807, 2.05) is 0 Å². The van der Waals surface area contributed by atoms with Crippen LogP contribution in [0.15, 0.2) is 41.3 Å². The molecule has 0 amide bonds. The van der Waals surface area contributed by atoms with Crippen molar-refractivity contribution in [2.45, 2.75) is 19.8 Å². The van der Waals surface area contributed by atoms with Crippen molar-refractivity contribution < 1.29 is 18.7 Å². The molecule has 0 atom stereocenters. The smallest absolute Gasteiger partial charge is 0.260 e. The number of aromatic nitrogens is 2. The summed E-state index contributed by atoms with van der Waals surface area (Å²) in [5.41, 5.74) is 0.550. The van der Waals surface area contributed by atoms with Gasteiger partial charge in [0.15, 0.2) is 22.5 Å². The van der Waals surface area contributed by atoms with E-state index in [4.69, 9.17) is 0 Å². The number of aryl methyl sites for hydroxylation is 2. The van der Waals surface area contributed by atoms with Crippen molar-refractivity contribution >= 4 is 17.1 Å². The average Bonchev–Trinajstić information content (AvgIpc) is 2.97. The summed E-state index contributed by atoms with van der Waals surface area (Å²) in [6.45, 7) is 1.66. The molecule has 0 aliphatic carbocycles. The molecule has 2 aromatic heterocycles. The first kappa shape index (κ1) is 17.9. The van der Waals surface area contributed by atoms with E-state index >= 15 is 0 Å². The molecule has 0 unspecified atom stereocenters. The zero-order valence-corrected chi connectivity index (χ0v) is 14.5. The molecule has 0 aliphatic heterocycles. The molecule has 0 aliphatic rings. The average molecular weight is 376 g/mol. The Kier molecular flexibility index (Phi) is 4.94. The van der Waals surface area contributed by atoms with Gasteiger partial charge < -0.3 is 5.11 Å². The Bertz CT molecular complexity index is 1040. The minimum absolute atomic E-state index is 0.109. The van der Waals surface area contributed by atoms with Crippen molar-refractivity contribution in [3.8, 4) is 10.9 Å². The van der Waals surface area contributed by atoms with Crippen LogP contribution in [0, 0.1) is 18.6 Å². The molecule has 134 valence electrons. The molecule has 8 heteroatoms.